The van der Waals surface area contributed by atoms with Crippen LogP contribution in [0.5, 0.6) is 11.5 Å². The monoisotopic (exact) mass is 283 g/mol. The van der Waals surface area contributed by atoms with Gasteiger partial charge in [0.25, 0.3) is 0 Å². The van der Waals surface area contributed by atoms with Crippen LogP contribution in [0.4, 0.5) is 0 Å². The third-order valence-corrected chi connectivity index (χ3v) is 4.06. The highest BCUT2D eigenvalue weighted by atomic mass is 16.5. The smallest absolute Gasteiger partial charge is 0.119 e. The van der Waals surface area contributed by atoms with Gasteiger partial charge in [0.2, 0.25) is 0 Å². The average Bonchev–Trinajstić information content (AvgIpc) is 2.89. The highest BCUT2D eigenvalue weighted by Crippen LogP contribution is 2.31. The summed E-state index contributed by atoms with van der Waals surface area (Å²) in [6.07, 6.45) is 3.00. The first-order valence-electron chi connectivity index (χ1n) is 7.40. The molecule has 0 saturated heterocycles. The molecule has 0 saturated carbocycles. The lowest BCUT2D eigenvalue weighted by atomic mass is 10.1. The molecule has 1 aliphatic rings. The van der Waals surface area contributed by atoms with Gasteiger partial charge in [0.05, 0.1) is 13.7 Å². The molecule has 0 fully saturated rings. The Hall–Kier alpha value is -2.00. The van der Waals surface area contributed by atoms with E-state index in [0.29, 0.717) is 6.61 Å². The average molecular weight is 283 g/mol. The first-order valence-corrected chi connectivity index (χ1v) is 7.40. The molecule has 0 heterocycles. The van der Waals surface area contributed by atoms with E-state index in [1.165, 1.54) is 16.7 Å². The van der Waals surface area contributed by atoms with Crippen molar-refractivity contribution < 1.29 is 9.47 Å². The summed E-state index contributed by atoms with van der Waals surface area (Å²) < 4.78 is 11.0. The van der Waals surface area contributed by atoms with Gasteiger partial charge in [-0.15, -0.1) is 0 Å². The van der Waals surface area contributed by atoms with Gasteiger partial charge in [0, 0.05) is 12.5 Å². The van der Waals surface area contributed by atoms with Crippen LogP contribution < -0.4 is 15.2 Å². The van der Waals surface area contributed by atoms with Gasteiger partial charge in [-0.2, -0.15) is 0 Å². The molecular formula is C18H21NO2. The van der Waals surface area contributed by atoms with Crippen molar-refractivity contribution in [1.82, 2.24) is 0 Å². The Morgan fingerprint density at radius 2 is 1.86 bits per heavy atom. The fourth-order valence-electron chi connectivity index (χ4n) is 2.80. The zero-order chi connectivity index (χ0) is 14.7. The lowest BCUT2D eigenvalue weighted by Crippen LogP contribution is -2.05. The van der Waals surface area contributed by atoms with Crippen LogP contribution in [0.25, 0.3) is 0 Å². The van der Waals surface area contributed by atoms with E-state index in [-0.39, 0.29) is 6.04 Å². The third kappa shape index (κ3) is 3.19. The summed E-state index contributed by atoms with van der Waals surface area (Å²) in [7, 11) is 1.68. The quantitative estimate of drug-likeness (QED) is 0.916. The maximum absolute atomic E-state index is 6.05. The van der Waals surface area contributed by atoms with Crippen molar-refractivity contribution in [2.75, 3.05) is 13.7 Å². The first kappa shape index (κ1) is 14.0. The van der Waals surface area contributed by atoms with Crippen molar-refractivity contribution >= 4 is 0 Å². The number of nitrogens with two attached hydrogens (primary N) is 1. The third-order valence-electron chi connectivity index (χ3n) is 4.06. The second-order valence-electron chi connectivity index (χ2n) is 5.45. The number of fused-ring (bicyclic) bond motifs is 1. The summed E-state index contributed by atoms with van der Waals surface area (Å²) in [6.45, 7) is 0.678. The van der Waals surface area contributed by atoms with Gasteiger partial charge in [0.1, 0.15) is 11.5 Å². The fraction of sp³-hybridized carbons (Fsp3) is 0.333. The predicted octanol–water partition coefficient (Wildman–Crippen LogP) is 3.26. The van der Waals surface area contributed by atoms with E-state index in [9.17, 15) is 0 Å². The summed E-state index contributed by atoms with van der Waals surface area (Å²) in [5.41, 5.74) is 9.91. The zero-order valence-corrected chi connectivity index (χ0v) is 12.3. The highest BCUT2D eigenvalue weighted by Gasteiger charge is 2.18. The van der Waals surface area contributed by atoms with Gasteiger partial charge >= 0.3 is 0 Å². The van der Waals surface area contributed by atoms with Gasteiger partial charge in [-0.05, 0) is 53.8 Å². The number of aryl methyl sites for hydroxylation is 1. The normalized spacial score (nSPS) is 16.6. The van der Waals surface area contributed by atoms with E-state index in [0.717, 1.165) is 30.8 Å². The SMILES string of the molecule is COc1ccc(CCOc2ccc3c(c2)CC[C@H]3N)cc1. The van der Waals surface area contributed by atoms with Crippen molar-refractivity contribution in [2.45, 2.75) is 25.3 Å². The van der Waals surface area contributed by atoms with Crippen LogP contribution in [0.15, 0.2) is 42.5 Å². The molecule has 0 aromatic heterocycles. The molecule has 0 aliphatic heterocycles. The Balaban J connectivity index is 1.55. The van der Waals surface area contributed by atoms with Crippen molar-refractivity contribution in [3.8, 4) is 11.5 Å². The molecule has 1 aliphatic carbocycles. The van der Waals surface area contributed by atoms with E-state index >= 15 is 0 Å². The zero-order valence-electron chi connectivity index (χ0n) is 12.3. The summed E-state index contributed by atoms with van der Waals surface area (Å²) in [6, 6.07) is 14.6. The van der Waals surface area contributed by atoms with Crippen molar-refractivity contribution in [3.05, 3.63) is 59.2 Å². The van der Waals surface area contributed by atoms with Gasteiger partial charge in [-0.25, -0.2) is 0 Å². The number of benzene rings is 2. The van der Waals surface area contributed by atoms with Crippen molar-refractivity contribution in [2.24, 2.45) is 5.73 Å². The Bertz CT molecular complexity index is 607. The second-order valence-corrected chi connectivity index (χ2v) is 5.45. The predicted molar refractivity (Wildman–Crippen MR) is 83.9 cm³/mol. The highest BCUT2D eigenvalue weighted by molar-refractivity contribution is 5.40. The van der Waals surface area contributed by atoms with Gasteiger partial charge in [0.15, 0.2) is 0 Å². The number of hydrogen-bond acceptors (Lipinski definition) is 3. The summed E-state index contributed by atoms with van der Waals surface area (Å²) in [4.78, 5) is 0. The van der Waals surface area contributed by atoms with Gasteiger partial charge < -0.3 is 15.2 Å². The molecule has 1 atom stereocenters. The Morgan fingerprint density at radius 3 is 2.62 bits per heavy atom. The minimum Gasteiger partial charge on any atom is -0.497 e. The van der Waals surface area contributed by atoms with E-state index < -0.39 is 0 Å². The summed E-state index contributed by atoms with van der Waals surface area (Å²) >= 11 is 0. The van der Waals surface area contributed by atoms with Crippen LogP contribution in [-0.4, -0.2) is 13.7 Å². The molecule has 110 valence electrons. The molecule has 0 bridgehead atoms. The second kappa shape index (κ2) is 6.19. The molecule has 0 amide bonds. The van der Waals surface area contributed by atoms with Crippen LogP contribution in [0.2, 0.25) is 0 Å². The standard InChI is InChI=1S/C18H21NO2/c1-20-15-5-2-13(3-6-15)10-11-21-16-7-8-17-14(12-16)4-9-18(17)19/h2-3,5-8,12,18H,4,9-11,19H2,1H3/t18-/m1/s1. The Morgan fingerprint density at radius 1 is 1.10 bits per heavy atom. The van der Waals surface area contributed by atoms with Crippen LogP contribution in [0.1, 0.15) is 29.2 Å². The first-order chi connectivity index (χ1) is 10.3. The molecule has 0 spiro atoms. The van der Waals surface area contributed by atoms with Crippen LogP contribution in [-0.2, 0) is 12.8 Å². The van der Waals surface area contributed by atoms with Crippen LogP contribution in [0.3, 0.4) is 0 Å². The molecular weight excluding hydrogens is 262 g/mol. The molecule has 3 nitrogen and oxygen atoms in total. The van der Waals surface area contributed by atoms with E-state index in [4.69, 9.17) is 15.2 Å². The minimum atomic E-state index is 0.202. The molecule has 21 heavy (non-hydrogen) atoms. The molecule has 0 unspecified atom stereocenters. The Kier molecular flexibility index (Phi) is 4.11. The minimum absolute atomic E-state index is 0.202. The number of hydrogen-bond donors (Lipinski definition) is 1. The molecule has 0 radical (unpaired) electrons. The summed E-state index contributed by atoms with van der Waals surface area (Å²) in [5.74, 6) is 1.82. The Labute approximate surface area is 125 Å². The largest absolute Gasteiger partial charge is 0.497 e. The van der Waals surface area contributed by atoms with Gasteiger partial charge in [-0.1, -0.05) is 18.2 Å². The van der Waals surface area contributed by atoms with Crippen LogP contribution >= 0.6 is 0 Å². The molecule has 2 N–H and O–H groups in total. The lowest BCUT2D eigenvalue weighted by molar-refractivity contribution is 0.321. The number of methoxy groups -OCH3 is 1. The van der Waals surface area contributed by atoms with E-state index in [2.05, 4.69) is 24.3 Å². The van der Waals surface area contributed by atoms with Crippen molar-refractivity contribution in [1.29, 1.82) is 0 Å². The lowest BCUT2D eigenvalue weighted by Gasteiger charge is -2.09. The summed E-state index contributed by atoms with van der Waals surface area (Å²) in [5, 5.41) is 0. The topological polar surface area (TPSA) is 44.5 Å². The molecule has 2 aromatic carbocycles. The maximum Gasteiger partial charge on any atom is 0.119 e. The van der Waals surface area contributed by atoms with Crippen molar-refractivity contribution in [3.63, 3.8) is 0 Å². The maximum atomic E-state index is 6.05. The number of rotatable bonds is 5. The van der Waals surface area contributed by atoms with Gasteiger partial charge in [-0.3, -0.25) is 0 Å². The molecule has 3 rings (SSSR count). The molecule has 2 aromatic rings. The fourth-order valence-corrected chi connectivity index (χ4v) is 2.80. The van der Waals surface area contributed by atoms with E-state index in [1.807, 2.05) is 18.2 Å². The molecule has 3 heteroatoms. The number of ether oxygens (including phenoxy) is 2. The van der Waals surface area contributed by atoms with Crippen LogP contribution in [0, 0.1) is 0 Å². The van der Waals surface area contributed by atoms with E-state index in [1.54, 1.807) is 7.11 Å².